The monoisotopic (exact) mass is 235 g/mol. The first-order chi connectivity index (χ1) is 6.84. The number of oxime groups is 1. The minimum absolute atomic E-state index is 0. The van der Waals surface area contributed by atoms with E-state index in [1.54, 1.807) is 13.0 Å². The molecule has 0 atom stereocenters. The Bertz CT molecular complexity index is 332. The van der Waals surface area contributed by atoms with Gasteiger partial charge in [-0.3, -0.25) is 5.16 Å². The zero-order valence-corrected chi connectivity index (χ0v) is 8.93. The van der Waals surface area contributed by atoms with Gasteiger partial charge in [-0.15, -0.1) is 0 Å². The van der Waals surface area contributed by atoms with Crippen molar-refractivity contribution in [1.29, 1.82) is 0 Å². The molecule has 15 heavy (non-hydrogen) atoms. The second-order valence-corrected chi connectivity index (χ2v) is 2.24. The Morgan fingerprint density at radius 3 is 2.00 bits per heavy atom. The number of hydrogen-bond donors (Lipinski definition) is 1. The Morgan fingerprint density at radius 2 is 1.67 bits per heavy atom. The van der Waals surface area contributed by atoms with Gasteiger partial charge in [-0.2, -0.15) is 6.92 Å². The van der Waals surface area contributed by atoms with Crippen LogP contribution in [0.2, 0.25) is 0 Å². The van der Waals surface area contributed by atoms with Crippen LogP contribution in [-0.2, 0) is 17.1 Å². The van der Waals surface area contributed by atoms with E-state index in [0.717, 1.165) is 0 Å². The fraction of sp³-hybridized carbons (Fsp3) is 0.0833. The predicted octanol–water partition coefficient (Wildman–Crippen LogP) is 1.41. The molecule has 0 aliphatic heterocycles. The van der Waals surface area contributed by atoms with Gasteiger partial charge in [0.15, 0.2) is 0 Å². The molecule has 0 heterocycles. The standard InChI is InChI=1S/C7H4NO.C5H.Fe/c1-6(8-9)7-4-2-3-5-7;1-2-4-5-3-1;/h9H,1H3;1H;/q2*-5;/b8-6-;;. The first-order valence-corrected chi connectivity index (χ1v) is 3.75. The topological polar surface area (TPSA) is 32.6 Å². The van der Waals surface area contributed by atoms with Crippen LogP contribution in [0.1, 0.15) is 12.5 Å². The van der Waals surface area contributed by atoms with Crippen LogP contribution in [0.5, 0.6) is 0 Å². The van der Waals surface area contributed by atoms with Gasteiger partial charge in [0.25, 0.3) is 0 Å². The van der Waals surface area contributed by atoms with E-state index >= 15 is 0 Å². The molecule has 0 fully saturated rings. The molecule has 0 bridgehead atoms. The van der Waals surface area contributed by atoms with Gasteiger partial charge in [0.1, 0.15) is 0 Å². The van der Waals surface area contributed by atoms with E-state index in [1.165, 1.54) is 0 Å². The molecule has 0 saturated carbocycles. The van der Waals surface area contributed by atoms with Gasteiger partial charge in [0, 0.05) is 17.1 Å². The summed E-state index contributed by atoms with van der Waals surface area (Å²) in [5.74, 6) is 0. The summed E-state index contributed by atoms with van der Waals surface area (Å²) in [4.78, 5) is 0. The van der Waals surface area contributed by atoms with Crippen molar-refractivity contribution in [3.8, 4) is 0 Å². The minimum Gasteiger partial charge on any atom is -0.999 e. The summed E-state index contributed by atoms with van der Waals surface area (Å²) >= 11 is 0. The van der Waals surface area contributed by atoms with Gasteiger partial charge in [-0.05, 0) is 0 Å². The fourth-order valence-corrected chi connectivity index (χ4v) is 0.630. The maximum atomic E-state index is 8.23. The number of hydrogen-bond acceptors (Lipinski definition) is 2. The van der Waals surface area contributed by atoms with E-state index in [0.29, 0.717) is 11.3 Å². The fourth-order valence-electron chi connectivity index (χ4n) is 0.630. The van der Waals surface area contributed by atoms with E-state index in [2.05, 4.69) is 53.7 Å². The molecule has 0 saturated heterocycles. The smallest absolute Gasteiger partial charge is 0 e. The maximum absolute atomic E-state index is 8.23. The van der Waals surface area contributed by atoms with Crippen molar-refractivity contribution in [2.75, 3.05) is 0 Å². The van der Waals surface area contributed by atoms with Crippen molar-refractivity contribution >= 4 is 5.71 Å². The van der Waals surface area contributed by atoms with Crippen LogP contribution < -0.4 is 0 Å². The number of rotatable bonds is 1. The van der Waals surface area contributed by atoms with E-state index in [4.69, 9.17) is 5.21 Å². The molecule has 0 unspecified atom stereocenters. The van der Waals surface area contributed by atoms with E-state index in [-0.39, 0.29) is 17.1 Å². The third-order valence-electron chi connectivity index (χ3n) is 1.30. The molecule has 0 aliphatic carbocycles. The second-order valence-electron chi connectivity index (χ2n) is 2.24. The molecule has 2 aromatic carbocycles. The predicted molar refractivity (Wildman–Crippen MR) is 48.8 cm³/mol. The summed E-state index contributed by atoms with van der Waals surface area (Å²) in [7, 11) is 0. The average molecular weight is 235 g/mol. The SMILES string of the molecule is C/C(=N/O)[c-]1[c-][c-][c-][c-]1.[Fe].[c-]1[c-][c-][cH-][c-]1. The normalized spacial score (nSPS) is 9.80. The third kappa shape index (κ3) is 5.21. The zero-order valence-electron chi connectivity index (χ0n) is 7.83. The summed E-state index contributed by atoms with van der Waals surface area (Å²) in [5, 5.41) is 11.2. The van der Waals surface area contributed by atoms with Gasteiger partial charge in [0.2, 0.25) is 0 Å². The summed E-state index contributed by atoms with van der Waals surface area (Å²) in [6.45, 7) is 1.66. The third-order valence-corrected chi connectivity index (χ3v) is 1.30. The first kappa shape index (κ1) is 13.7. The van der Waals surface area contributed by atoms with Gasteiger partial charge in [-0.25, -0.2) is 0 Å². The molecule has 2 aromatic rings. The quantitative estimate of drug-likeness (QED) is 0.262. The molecule has 1 N–H and O–H groups in total. The first-order valence-electron chi connectivity index (χ1n) is 3.75. The molecule has 2 rings (SSSR count). The van der Waals surface area contributed by atoms with Gasteiger partial charge in [0.05, 0.1) is 0 Å². The molecular weight excluding hydrogens is 230 g/mol. The Kier molecular flexibility index (Phi) is 7.33. The zero-order chi connectivity index (χ0) is 10.2. The van der Waals surface area contributed by atoms with E-state index in [1.807, 2.05) is 0 Å². The second kappa shape index (κ2) is 8.04. The molecule has 0 aromatic heterocycles. The molecule has 82 valence electrons. The summed E-state index contributed by atoms with van der Waals surface area (Å²) in [6, 6.07) is 22.4. The molecule has 0 spiro atoms. The van der Waals surface area contributed by atoms with Gasteiger partial charge >= 0.3 is 0 Å². The Labute approximate surface area is 100 Å². The van der Waals surface area contributed by atoms with Crippen LogP contribution in [0.25, 0.3) is 0 Å². The Balaban J connectivity index is 0.000000280. The Morgan fingerprint density at radius 1 is 1.13 bits per heavy atom. The van der Waals surface area contributed by atoms with Crippen LogP contribution in [0.3, 0.4) is 0 Å². The maximum Gasteiger partial charge on any atom is 0 e. The van der Waals surface area contributed by atoms with Gasteiger partial charge < -0.3 is 71.1 Å². The van der Waals surface area contributed by atoms with Crippen LogP contribution in [0.4, 0.5) is 0 Å². The molecule has 0 radical (unpaired) electrons. The summed E-state index contributed by atoms with van der Waals surface area (Å²) in [6.07, 6.45) is 0. The minimum atomic E-state index is 0. The average Bonchev–Trinajstić information content (AvgIpc) is 2.91. The van der Waals surface area contributed by atoms with E-state index in [9.17, 15) is 0 Å². The van der Waals surface area contributed by atoms with Crippen molar-refractivity contribution in [1.82, 2.24) is 0 Å². The molecular formula is C12H5FeNO-10. The number of nitrogens with zero attached hydrogens (tertiary/aromatic N) is 1. The molecule has 0 amide bonds. The largest absolute Gasteiger partial charge is 0.999 e. The van der Waals surface area contributed by atoms with Crippen molar-refractivity contribution in [3.63, 3.8) is 0 Å². The van der Waals surface area contributed by atoms with Crippen LogP contribution in [0, 0.1) is 48.5 Å². The molecule has 3 heteroatoms. The van der Waals surface area contributed by atoms with E-state index < -0.39 is 0 Å². The van der Waals surface area contributed by atoms with Crippen LogP contribution in [-0.4, -0.2) is 10.9 Å². The van der Waals surface area contributed by atoms with Gasteiger partial charge in [-0.1, -0.05) is 0 Å². The Hall–Kier alpha value is -1.31. The molecule has 0 aliphatic rings. The summed E-state index contributed by atoms with van der Waals surface area (Å²) < 4.78 is 0. The van der Waals surface area contributed by atoms with Crippen LogP contribution >= 0.6 is 0 Å². The van der Waals surface area contributed by atoms with Crippen molar-refractivity contribution in [2.24, 2.45) is 5.16 Å². The van der Waals surface area contributed by atoms with Crippen molar-refractivity contribution in [3.05, 3.63) is 60.2 Å². The molecule has 2 nitrogen and oxygen atoms in total. The van der Waals surface area contributed by atoms with Crippen LogP contribution in [0.15, 0.2) is 11.2 Å². The van der Waals surface area contributed by atoms with Crippen molar-refractivity contribution < 1.29 is 22.3 Å². The van der Waals surface area contributed by atoms with Crippen molar-refractivity contribution in [2.45, 2.75) is 6.92 Å². The summed E-state index contributed by atoms with van der Waals surface area (Å²) in [5.41, 5.74) is 1.09.